The lowest BCUT2D eigenvalue weighted by Crippen LogP contribution is -2.14. The van der Waals surface area contributed by atoms with Gasteiger partial charge in [0.1, 0.15) is 0 Å². The van der Waals surface area contributed by atoms with Crippen LogP contribution >= 0.6 is 0 Å². The van der Waals surface area contributed by atoms with Crippen molar-refractivity contribution in [3.63, 3.8) is 0 Å². The van der Waals surface area contributed by atoms with E-state index in [2.05, 4.69) is 10.1 Å². The molecule has 0 radical (unpaired) electrons. The largest absolute Gasteiger partial charge is 0.388 e. The maximum Gasteiger partial charge on any atom is 0.388 e. The lowest BCUT2D eigenvalue weighted by molar-refractivity contribution is -0.114. The fourth-order valence-corrected chi connectivity index (χ4v) is 1.20. The Bertz CT molecular complexity index is 424. The van der Waals surface area contributed by atoms with Crippen molar-refractivity contribution < 1.29 is 14.8 Å². The van der Waals surface area contributed by atoms with Crippen molar-refractivity contribution in [1.29, 1.82) is 0 Å². The second kappa shape index (κ2) is 5.02. The molecule has 78 valence electrons. The lowest BCUT2D eigenvalue weighted by atomic mass is 10.1. The van der Waals surface area contributed by atoms with Gasteiger partial charge in [0.25, 0.3) is 0 Å². The van der Waals surface area contributed by atoms with Crippen LogP contribution in [0.4, 0.5) is 5.69 Å². The van der Waals surface area contributed by atoms with Crippen LogP contribution in [-0.4, -0.2) is 28.7 Å². The number of hydrogen-bond acceptors (Lipinski definition) is 3. The van der Waals surface area contributed by atoms with Gasteiger partial charge in [0.2, 0.25) is 0 Å². The summed E-state index contributed by atoms with van der Waals surface area (Å²) >= 11 is 0. The molecule has 1 amide bonds. The molecule has 0 spiro atoms. The molecule has 15 heavy (non-hydrogen) atoms. The highest BCUT2D eigenvalue weighted by atomic mass is 16.5. The van der Waals surface area contributed by atoms with Crippen molar-refractivity contribution in [1.82, 2.24) is 5.48 Å². The molecule has 1 aromatic rings. The Kier molecular flexibility index (Phi) is 3.70. The number of amides is 1. The van der Waals surface area contributed by atoms with Crippen LogP contribution in [0.25, 0.3) is 5.53 Å². The number of hydroxylamine groups is 1. The SMILES string of the molecule is CNO.[N-]=[N+]=C1C(=O)Nc2ccccc21. The Morgan fingerprint density at radius 3 is 2.67 bits per heavy atom. The summed E-state index contributed by atoms with van der Waals surface area (Å²) in [6, 6.07) is 7.07. The second-order valence-corrected chi connectivity index (χ2v) is 2.67. The van der Waals surface area contributed by atoms with Gasteiger partial charge in [-0.2, -0.15) is 4.79 Å². The predicted molar refractivity (Wildman–Crippen MR) is 53.6 cm³/mol. The standard InChI is InChI=1S/C8H5N3O.CH5NO/c9-11-7-5-3-1-2-4-6(5)10-8(7)12;1-2-3/h1-4H,(H,10,12);2-3H,1H3. The average molecular weight is 206 g/mol. The Hall–Kier alpha value is -2.01. The first-order valence-electron chi connectivity index (χ1n) is 4.18. The molecular formula is C9H10N4O2. The smallest absolute Gasteiger partial charge is 0.361 e. The van der Waals surface area contributed by atoms with Crippen LogP contribution in [0.5, 0.6) is 0 Å². The molecule has 0 saturated carbocycles. The number of carbonyl (C=O) groups excluding carboxylic acids is 1. The summed E-state index contributed by atoms with van der Waals surface area (Å²) in [7, 11) is 1.43. The fraction of sp³-hybridized carbons (Fsp3) is 0.111. The van der Waals surface area contributed by atoms with E-state index in [4.69, 9.17) is 10.7 Å². The molecule has 0 unspecified atom stereocenters. The number of rotatable bonds is 0. The number of hydrogen-bond donors (Lipinski definition) is 3. The molecule has 0 aromatic heterocycles. The van der Waals surface area contributed by atoms with E-state index in [1.807, 2.05) is 0 Å². The van der Waals surface area contributed by atoms with Gasteiger partial charge in [-0.05, 0) is 12.1 Å². The Balaban J connectivity index is 0.000000337. The Morgan fingerprint density at radius 2 is 2.07 bits per heavy atom. The highest BCUT2D eigenvalue weighted by Crippen LogP contribution is 2.20. The molecule has 0 aliphatic carbocycles. The lowest BCUT2D eigenvalue weighted by Gasteiger charge is -1.90. The minimum Gasteiger partial charge on any atom is -0.361 e. The summed E-state index contributed by atoms with van der Waals surface area (Å²) in [4.78, 5) is 14.0. The molecule has 0 fully saturated rings. The van der Waals surface area contributed by atoms with Gasteiger partial charge in [-0.1, -0.05) is 12.1 Å². The predicted octanol–water partition coefficient (Wildman–Crippen LogP) is 0.253. The van der Waals surface area contributed by atoms with Gasteiger partial charge in [-0.3, -0.25) is 4.79 Å². The first kappa shape index (κ1) is 11.1. The fourth-order valence-electron chi connectivity index (χ4n) is 1.20. The molecule has 1 aliphatic heterocycles. The third-order valence-electron chi connectivity index (χ3n) is 1.75. The highest BCUT2D eigenvalue weighted by Gasteiger charge is 2.32. The van der Waals surface area contributed by atoms with E-state index in [9.17, 15) is 4.79 Å². The van der Waals surface area contributed by atoms with Crippen LogP contribution in [0.15, 0.2) is 24.3 Å². The minimum absolute atomic E-state index is 0.0746. The number of benzene rings is 1. The third-order valence-corrected chi connectivity index (χ3v) is 1.75. The van der Waals surface area contributed by atoms with Crippen molar-refractivity contribution in [2.45, 2.75) is 0 Å². The Labute approximate surface area is 86.1 Å². The molecule has 0 atom stereocenters. The van der Waals surface area contributed by atoms with Crippen LogP contribution in [0.3, 0.4) is 0 Å². The number of nitrogens with zero attached hydrogens (tertiary/aromatic N) is 2. The summed E-state index contributed by atoms with van der Waals surface area (Å²) in [5.74, 6) is -0.362. The van der Waals surface area contributed by atoms with Gasteiger partial charge in [0, 0.05) is 7.05 Å². The van der Waals surface area contributed by atoms with E-state index in [1.54, 1.807) is 29.7 Å². The molecule has 1 heterocycles. The summed E-state index contributed by atoms with van der Waals surface area (Å²) in [6.07, 6.45) is 0. The number of nitrogens with one attached hydrogen (secondary N) is 2. The molecule has 6 heteroatoms. The number of fused-ring (bicyclic) bond motifs is 1. The number of carbonyl (C=O) groups is 1. The van der Waals surface area contributed by atoms with E-state index in [1.165, 1.54) is 7.05 Å². The monoisotopic (exact) mass is 206 g/mol. The molecule has 6 nitrogen and oxygen atoms in total. The van der Waals surface area contributed by atoms with Crippen LogP contribution < -0.4 is 10.8 Å². The molecule has 3 N–H and O–H groups in total. The van der Waals surface area contributed by atoms with Gasteiger partial charge in [0.15, 0.2) is 0 Å². The van der Waals surface area contributed by atoms with Gasteiger partial charge in [-0.15, -0.1) is 0 Å². The van der Waals surface area contributed by atoms with Crippen molar-refractivity contribution in [3.05, 3.63) is 35.4 Å². The van der Waals surface area contributed by atoms with E-state index in [0.29, 0.717) is 11.3 Å². The molecule has 1 aliphatic rings. The molecule has 1 aromatic carbocycles. The normalized spacial score (nSPS) is 12.1. The maximum absolute atomic E-state index is 11.1. The topological polar surface area (TPSA) is 97.8 Å². The van der Waals surface area contributed by atoms with Gasteiger partial charge in [0.05, 0.1) is 11.3 Å². The van der Waals surface area contributed by atoms with Gasteiger partial charge in [-0.25, -0.2) is 5.48 Å². The average Bonchev–Trinajstić information content (AvgIpc) is 2.54. The van der Waals surface area contributed by atoms with E-state index < -0.39 is 0 Å². The summed E-state index contributed by atoms with van der Waals surface area (Å²) < 4.78 is 0. The van der Waals surface area contributed by atoms with E-state index in [0.717, 1.165) is 0 Å². The quantitative estimate of drug-likeness (QED) is 0.322. The summed E-state index contributed by atoms with van der Waals surface area (Å²) in [5, 5.41) is 9.89. The second-order valence-electron chi connectivity index (χ2n) is 2.67. The van der Waals surface area contributed by atoms with Crippen LogP contribution in [-0.2, 0) is 4.79 Å². The summed E-state index contributed by atoms with van der Waals surface area (Å²) in [6.45, 7) is 0. The van der Waals surface area contributed by atoms with Crippen molar-refractivity contribution in [2.24, 2.45) is 0 Å². The van der Waals surface area contributed by atoms with Crippen LogP contribution in [0.1, 0.15) is 5.56 Å². The number of para-hydroxylation sites is 1. The molecule has 0 saturated heterocycles. The first-order valence-corrected chi connectivity index (χ1v) is 4.18. The highest BCUT2D eigenvalue weighted by molar-refractivity contribution is 6.51. The number of anilines is 1. The zero-order valence-corrected chi connectivity index (χ0v) is 8.06. The molecular weight excluding hydrogens is 196 g/mol. The zero-order chi connectivity index (χ0) is 11.3. The van der Waals surface area contributed by atoms with Gasteiger partial charge >= 0.3 is 11.6 Å². The van der Waals surface area contributed by atoms with E-state index in [-0.39, 0.29) is 11.6 Å². The zero-order valence-electron chi connectivity index (χ0n) is 8.06. The molecule has 2 rings (SSSR count). The van der Waals surface area contributed by atoms with E-state index >= 15 is 0 Å². The van der Waals surface area contributed by atoms with Crippen LogP contribution in [0.2, 0.25) is 0 Å². The van der Waals surface area contributed by atoms with Crippen molar-refractivity contribution in [3.8, 4) is 0 Å². The third kappa shape index (κ3) is 2.26. The van der Waals surface area contributed by atoms with Crippen LogP contribution in [0, 0.1) is 0 Å². The van der Waals surface area contributed by atoms with Gasteiger partial charge < -0.3 is 16.1 Å². The Morgan fingerprint density at radius 1 is 1.47 bits per heavy atom. The minimum atomic E-state index is -0.362. The first-order chi connectivity index (χ1) is 7.24. The maximum atomic E-state index is 11.1. The molecule has 0 bridgehead atoms. The van der Waals surface area contributed by atoms with Crippen molar-refractivity contribution in [2.75, 3.05) is 12.4 Å². The summed E-state index contributed by atoms with van der Waals surface area (Å²) in [5.41, 5.74) is 11.7. The van der Waals surface area contributed by atoms with Crippen molar-refractivity contribution >= 4 is 17.3 Å².